The summed E-state index contributed by atoms with van der Waals surface area (Å²) >= 11 is 0. The van der Waals surface area contributed by atoms with Crippen LogP contribution in [-0.4, -0.2) is 24.0 Å². The van der Waals surface area contributed by atoms with E-state index in [-0.39, 0.29) is 11.6 Å². The Morgan fingerprint density at radius 2 is 1.75 bits per heavy atom. The molecule has 1 aromatic heterocycles. The molecule has 0 radical (unpaired) electrons. The Hall–Kier alpha value is -3.67. The van der Waals surface area contributed by atoms with Crippen molar-refractivity contribution in [3.05, 3.63) is 83.2 Å². The van der Waals surface area contributed by atoms with Crippen LogP contribution in [0.5, 0.6) is 0 Å². The first-order valence-corrected chi connectivity index (χ1v) is 8.76. The van der Waals surface area contributed by atoms with Crippen LogP contribution in [0.25, 0.3) is 0 Å². The average molecular weight is 375 g/mol. The predicted octanol–water partition coefficient (Wildman–Crippen LogP) is 4.48. The number of anilines is 3. The fourth-order valence-corrected chi connectivity index (χ4v) is 2.78. The van der Waals surface area contributed by atoms with Crippen molar-refractivity contribution in [1.29, 1.82) is 0 Å². The molecule has 0 saturated heterocycles. The SMILES string of the molecule is COC(=O)c1cccc(Nc2ccnc(C(=O)Nc3ccc(C)cc3C)c2)c1. The van der Waals surface area contributed by atoms with Crippen LogP contribution in [0.4, 0.5) is 17.1 Å². The van der Waals surface area contributed by atoms with Crippen molar-refractivity contribution >= 4 is 28.9 Å². The molecule has 2 N–H and O–H groups in total. The van der Waals surface area contributed by atoms with Crippen LogP contribution in [0.3, 0.4) is 0 Å². The molecule has 6 heteroatoms. The zero-order chi connectivity index (χ0) is 20.1. The largest absolute Gasteiger partial charge is 0.465 e. The van der Waals surface area contributed by atoms with Crippen molar-refractivity contribution in [2.75, 3.05) is 17.7 Å². The van der Waals surface area contributed by atoms with Gasteiger partial charge in [0.05, 0.1) is 12.7 Å². The molecule has 6 nitrogen and oxygen atoms in total. The summed E-state index contributed by atoms with van der Waals surface area (Å²) in [6.45, 7) is 3.95. The molecule has 0 saturated carbocycles. The summed E-state index contributed by atoms with van der Waals surface area (Å²) in [4.78, 5) is 28.4. The van der Waals surface area contributed by atoms with E-state index in [9.17, 15) is 9.59 Å². The Morgan fingerprint density at radius 1 is 0.964 bits per heavy atom. The lowest BCUT2D eigenvalue weighted by Crippen LogP contribution is -2.14. The maximum Gasteiger partial charge on any atom is 0.337 e. The van der Waals surface area contributed by atoms with E-state index in [4.69, 9.17) is 4.74 Å². The molecular formula is C22H21N3O3. The number of methoxy groups -OCH3 is 1. The molecule has 2 aromatic carbocycles. The Balaban J connectivity index is 1.77. The molecule has 0 aliphatic rings. The number of nitrogens with zero attached hydrogens (tertiary/aromatic N) is 1. The van der Waals surface area contributed by atoms with Gasteiger partial charge in [-0.15, -0.1) is 0 Å². The summed E-state index contributed by atoms with van der Waals surface area (Å²) in [6, 6.07) is 16.2. The van der Waals surface area contributed by atoms with Crippen LogP contribution in [0.15, 0.2) is 60.8 Å². The lowest BCUT2D eigenvalue weighted by Gasteiger charge is -2.11. The highest BCUT2D eigenvalue weighted by molar-refractivity contribution is 6.03. The third kappa shape index (κ3) is 4.54. The topological polar surface area (TPSA) is 80.3 Å². The fourth-order valence-electron chi connectivity index (χ4n) is 2.78. The van der Waals surface area contributed by atoms with Gasteiger partial charge in [-0.3, -0.25) is 9.78 Å². The number of hydrogen-bond acceptors (Lipinski definition) is 5. The van der Waals surface area contributed by atoms with Crippen molar-refractivity contribution < 1.29 is 14.3 Å². The van der Waals surface area contributed by atoms with E-state index in [2.05, 4.69) is 15.6 Å². The number of benzene rings is 2. The van der Waals surface area contributed by atoms with Crippen LogP contribution in [-0.2, 0) is 4.74 Å². The van der Waals surface area contributed by atoms with Crippen molar-refractivity contribution in [3.8, 4) is 0 Å². The summed E-state index contributed by atoms with van der Waals surface area (Å²) in [5.74, 6) is -0.703. The van der Waals surface area contributed by atoms with Gasteiger partial charge >= 0.3 is 5.97 Å². The van der Waals surface area contributed by atoms with E-state index in [1.54, 1.807) is 36.5 Å². The van der Waals surface area contributed by atoms with Gasteiger partial charge in [-0.05, 0) is 55.8 Å². The van der Waals surface area contributed by atoms with Gasteiger partial charge in [-0.2, -0.15) is 0 Å². The molecule has 0 bridgehead atoms. The quantitative estimate of drug-likeness (QED) is 0.643. The number of pyridine rings is 1. The van der Waals surface area contributed by atoms with Crippen molar-refractivity contribution in [2.45, 2.75) is 13.8 Å². The van der Waals surface area contributed by atoms with E-state index in [0.717, 1.165) is 16.8 Å². The van der Waals surface area contributed by atoms with Gasteiger partial charge in [0.2, 0.25) is 0 Å². The highest BCUT2D eigenvalue weighted by Gasteiger charge is 2.11. The maximum absolute atomic E-state index is 12.6. The number of nitrogens with one attached hydrogen (secondary N) is 2. The van der Waals surface area contributed by atoms with Crippen molar-refractivity contribution in [2.24, 2.45) is 0 Å². The Labute approximate surface area is 163 Å². The lowest BCUT2D eigenvalue weighted by atomic mass is 10.1. The highest BCUT2D eigenvalue weighted by Crippen LogP contribution is 2.20. The standard InChI is InChI=1S/C22H21N3O3/c1-14-7-8-19(15(2)11-14)25-21(26)20-13-18(9-10-23-20)24-17-6-4-5-16(12-17)22(27)28-3/h4-13H,1-3H3,(H,23,24)(H,25,26). The Morgan fingerprint density at radius 3 is 2.50 bits per heavy atom. The van der Waals surface area contributed by atoms with E-state index >= 15 is 0 Å². The first-order chi connectivity index (χ1) is 13.5. The summed E-state index contributed by atoms with van der Waals surface area (Å²) < 4.78 is 4.74. The van der Waals surface area contributed by atoms with Crippen molar-refractivity contribution in [1.82, 2.24) is 4.98 Å². The number of esters is 1. The molecular weight excluding hydrogens is 354 g/mol. The van der Waals surface area contributed by atoms with Gasteiger partial charge in [-0.25, -0.2) is 4.79 Å². The number of hydrogen-bond donors (Lipinski definition) is 2. The number of aromatic nitrogens is 1. The predicted molar refractivity (Wildman–Crippen MR) is 109 cm³/mol. The van der Waals surface area contributed by atoms with Crippen LogP contribution < -0.4 is 10.6 Å². The summed E-state index contributed by atoms with van der Waals surface area (Å²) in [5, 5.41) is 6.06. The lowest BCUT2D eigenvalue weighted by molar-refractivity contribution is 0.0600. The highest BCUT2D eigenvalue weighted by atomic mass is 16.5. The zero-order valence-corrected chi connectivity index (χ0v) is 15.9. The maximum atomic E-state index is 12.6. The van der Waals surface area contributed by atoms with Gasteiger partial charge in [0.15, 0.2) is 0 Å². The minimum atomic E-state index is -0.410. The Bertz CT molecular complexity index is 1030. The number of carbonyl (C=O) groups excluding carboxylic acids is 2. The number of aryl methyl sites for hydroxylation is 2. The first kappa shape index (κ1) is 19.1. The van der Waals surface area contributed by atoms with Gasteiger partial charge in [0.1, 0.15) is 5.69 Å². The van der Waals surface area contributed by atoms with Crippen LogP contribution >= 0.6 is 0 Å². The van der Waals surface area contributed by atoms with Gasteiger partial charge in [-0.1, -0.05) is 23.8 Å². The summed E-state index contributed by atoms with van der Waals surface area (Å²) in [7, 11) is 1.34. The molecule has 0 aliphatic heterocycles. The van der Waals surface area contributed by atoms with E-state index in [0.29, 0.717) is 16.9 Å². The molecule has 142 valence electrons. The molecule has 0 spiro atoms. The normalized spacial score (nSPS) is 10.2. The van der Waals surface area contributed by atoms with Crippen LogP contribution in [0, 0.1) is 13.8 Å². The van der Waals surface area contributed by atoms with E-state index in [1.165, 1.54) is 7.11 Å². The summed E-state index contributed by atoms with van der Waals surface area (Å²) in [6.07, 6.45) is 1.56. The average Bonchev–Trinajstić information content (AvgIpc) is 2.70. The Kier molecular flexibility index (Phi) is 5.69. The third-order valence-electron chi connectivity index (χ3n) is 4.20. The minimum Gasteiger partial charge on any atom is -0.465 e. The molecule has 1 heterocycles. The second-order valence-electron chi connectivity index (χ2n) is 6.40. The molecule has 3 aromatic rings. The minimum absolute atomic E-state index is 0.286. The smallest absolute Gasteiger partial charge is 0.337 e. The molecule has 3 rings (SSSR count). The van der Waals surface area contributed by atoms with Gasteiger partial charge in [0.25, 0.3) is 5.91 Å². The fraction of sp³-hybridized carbons (Fsp3) is 0.136. The zero-order valence-electron chi connectivity index (χ0n) is 15.9. The molecule has 0 unspecified atom stereocenters. The number of carbonyl (C=O) groups is 2. The van der Waals surface area contributed by atoms with Crippen molar-refractivity contribution in [3.63, 3.8) is 0 Å². The van der Waals surface area contributed by atoms with Crippen LogP contribution in [0.1, 0.15) is 32.0 Å². The second-order valence-corrected chi connectivity index (χ2v) is 6.40. The van der Waals surface area contributed by atoms with E-state index < -0.39 is 5.97 Å². The molecule has 28 heavy (non-hydrogen) atoms. The summed E-state index contributed by atoms with van der Waals surface area (Å²) in [5.41, 5.74) is 4.99. The number of ether oxygens (including phenoxy) is 1. The number of amides is 1. The van der Waals surface area contributed by atoms with Crippen LogP contribution in [0.2, 0.25) is 0 Å². The van der Waals surface area contributed by atoms with E-state index in [1.807, 2.05) is 38.1 Å². The molecule has 0 aliphatic carbocycles. The third-order valence-corrected chi connectivity index (χ3v) is 4.20. The molecule has 0 atom stereocenters. The molecule has 0 fully saturated rings. The first-order valence-electron chi connectivity index (χ1n) is 8.76. The second kappa shape index (κ2) is 8.35. The van der Waals surface area contributed by atoms with Gasteiger partial charge in [0, 0.05) is 23.3 Å². The monoisotopic (exact) mass is 375 g/mol. The molecule has 1 amide bonds. The number of rotatable bonds is 5. The van der Waals surface area contributed by atoms with Gasteiger partial charge < -0.3 is 15.4 Å².